The SMILES string of the molecule is c1csc([C@@H]2[NH2+]CCc3sccc32)c1. The number of hydrogen-bond donors (Lipinski definition) is 1. The number of rotatable bonds is 1. The molecule has 2 aromatic rings. The molecule has 0 saturated carbocycles. The Bertz CT molecular complexity index is 416. The van der Waals surface area contributed by atoms with Gasteiger partial charge in [-0.3, -0.25) is 0 Å². The van der Waals surface area contributed by atoms with E-state index in [1.807, 2.05) is 22.7 Å². The van der Waals surface area contributed by atoms with Gasteiger partial charge in [0.25, 0.3) is 0 Å². The van der Waals surface area contributed by atoms with Crippen molar-refractivity contribution in [2.45, 2.75) is 12.5 Å². The van der Waals surface area contributed by atoms with E-state index in [4.69, 9.17) is 0 Å². The van der Waals surface area contributed by atoms with Gasteiger partial charge in [-0.25, -0.2) is 0 Å². The summed E-state index contributed by atoms with van der Waals surface area (Å²) < 4.78 is 0. The molecule has 1 aliphatic heterocycles. The molecule has 0 amide bonds. The second kappa shape index (κ2) is 3.50. The van der Waals surface area contributed by atoms with Crippen molar-refractivity contribution in [2.75, 3.05) is 6.54 Å². The van der Waals surface area contributed by atoms with E-state index in [1.54, 1.807) is 10.4 Å². The molecule has 0 spiro atoms. The fourth-order valence-electron chi connectivity index (χ4n) is 2.08. The molecule has 1 atom stereocenters. The van der Waals surface area contributed by atoms with E-state index in [-0.39, 0.29) is 0 Å². The van der Waals surface area contributed by atoms with Gasteiger partial charge in [-0.2, -0.15) is 0 Å². The third kappa shape index (κ3) is 1.32. The minimum atomic E-state index is 0.574. The van der Waals surface area contributed by atoms with Crippen LogP contribution in [0.1, 0.15) is 21.4 Å². The van der Waals surface area contributed by atoms with Crippen LogP contribution in [0.5, 0.6) is 0 Å². The molecule has 1 nitrogen and oxygen atoms in total. The van der Waals surface area contributed by atoms with Gasteiger partial charge in [0.1, 0.15) is 6.04 Å². The molecular weight excluding hydrogens is 210 g/mol. The summed E-state index contributed by atoms with van der Waals surface area (Å²) in [4.78, 5) is 3.08. The molecule has 0 bridgehead atoms. The summed E-state index contributed by atoms with van der Waals surface area (Å²) in [6, 6.07) is 7.26. The average Bonchev–Trinajstić information content (AvgIpc) is 2.88. The van der Waals surface area contributed by atoms with Gasteiger partial charge >= 0.3 is 0 Å². The molecule has 0 unspecified atom stereocenters. The van der Waals surface area contributed by atoms with Gasteiger partial charge in [0.15, 0.2) is 0 Å². The summed E-state index contributed by atoms with van der Waals surface area (Å²) in [6.45, 7) is 1.23. The van der Waals surface area contributed by atoms with Crippen LogP contribution in [0.4, 0.5) is 0 Å². The van der Waals surface area contributed by atoms with Gasteiger partial charge in [0.05, 0.1) is 11.4 Å². The first-order valence-electron chi connectivity index (χ1n) is 4.88. The summed E-state index contributed by atoms with van der Waals surface area (Å²) in [6.07, 6.45) is 1.24. The van der Waals surface area contributed by atoms with Crippen molar-refractivity contribution in [2.24, 2.45) is 0 Å². The molecule has 0 aliphatic carbocycles. The van der Waals surface area contributed by atoms with Crippen molar-refractivity contribution in [1.82, 2.24) is 0 Å². The predicted octanol–water partition coefficient (Wildman–Crippen LogP) is 2.02. The van der Waals surface area contributed by atoms with Crippen LogP contribution < -0.4 is 5.32 Å². The summed E-state index contributed by atoms with van der Waals surface area (Å²) in [5.41, 5.74) is 1.55. The van der Waals surface area contributed by atoms with Gasteiger partial charge in [0, 0.05) is 16.9 Å². The number of fused-ring (bicyclic) bond motifs is 1. The number of thiophene rings is 2. The Morgan fingerprint density at radius 2 is 2.21 bits per heavy atom. The summed E-state index contributed by atoms with van der Waals surface area (Å²) in [5, 5.41) is 6.86. The lowest BCUT2D eigenvalue weighted by atomic mass is 10.0. The minimum absolute atomic E-state index is 0.574. The van der Waals surface area contributed by atoms with E-state index >= 15 is 0 Å². The van der Waals surface area contributed by atoms with E-state index in [9.17, 15) is 0 Å². The lowest BCUT2D eigenvalue weighted by Crippen LogP contribution is -2.87. The first-order chi connectivity index (χ1) is 6.95. The molecule has 1 aliphatic rings. The van der Waals surface area contributed by atoms with Crippen LogP contribution in [0, 0.1) is 0 Å². The van der Waals surface area contributed by atoms with Gasteiger partial charge in [0.2, 0.25) is 0 Å². The summed E-state index contributed by atoms with van der Waals surface area (Å²) in [7, 11) is 0. The van der Waals surface area contributed by atoms with Crippen molar-refractivity contribution < 1.29 is 5.32 Å². The Morgan fingerprint density at radius 1 is 1.21 bits per heavy atom. The standard InChI is InChI=1S/C11H11NS2/c1-2-10(13-6-1)11-8-4-7-14-9(8)3-5-12-11/h1-2,4,6-7,11-12H,3,5H2/p+1/t11-/m1/s1. The molecule has 3 heteroatoms. The Labute approximate surface area is 91.4 Å². The van der Waals surface area contributed by atoms with Crippen molar-refractivity contribution in [3.63, 3.8) is 0 Å². The van der Waals surface area contributed by atoms with Gasteiger partial charge < -0.3 is 5.32 Å². The first-order valence-corrected chi connectivity index (χ1v) is 6.64. The molecule has 3 rings (SSSR count). The maximum atomic E-state index is 2.46. The minimum Gasteiger partial charge on any atom is -0.335 e. The van der Waals surface area contributed by atoms with Crippen molar-refractivity contribution in [1.29, 1.82) is 0 Å². The van der Waals surface area contributed by atoms with E-state index in [0.29, 0.717) is 6.04 Å². The zero-order valence-corrected chi connectivity index (χ0v) is 9.41. The van der Waals surface area contributed by atoms with Gasteiger partial charge in [-0.1, -0.05) is 6.07 Å². The molecule has 2 N–H and O–H groups in total. The van der Waals surface area contributed by atoms with Crippen LogP contribution in [0.3, 0.4) is 0 Å². The second-order valence-electron chi connectivity index (χ2n) is 3.57. The lowest BCUT2D eigenvalue weighted by Gasteiger charge is -2.19. The molecule has 0 saturated heterocycles. The molecule has 72 valence electrons. The topological polar surface area (TPSA) is 16.6 Å². The monoisotopic (exact) mass is 222 g/mol. The molecule has 14 heavy (non-hydrogen) atoms. The van der Waals surface area contributed by atoms with Crippen molar-refractivity contribution in [3.05, 3.63) is 44.3 Å². The Hall–Kier alpha value is -0.640. The quantitative estimate of drug-likeness (QED) is 0.760. The van der Waals surface area contributed by atoms with Gasteiger partial charge in [-0.15, -0.1) is 22.7 Å². The highest BCUT2D eigenvalue weighted by Gasteiger charge is 2.26. The molecular formula is C11H12NS2+. The predicted molar refractivity (Wildman–Crippen MR) is 61.0 cm³/mol. The summed E-state index contributed by atoms with van der Waals surface area (Å²) in [5.74, 6) is 0. The number of quaternary nitrogens is 1. The number of hydrogen-bond acceptors (Lipinski definition) is 2. The number of nitrogens with two attached hydrogens (primary N) is 1. The zero-order valence-electron chi connectivity index (χ0n) is 7.77. The average molecular weight is 222 g/mol. The van der Waals surface area contributed by atoms with Crippen LogP contribution >= 0.6 is 22.7 Å². The van der Waals surface area contributed by atoms with E-state index in [1.165, 1.54) is 17.8 Å². The highest BCUT2D eigenvalue weighted by molar-refractivity contribution is 7.10. The fourth-order valence-corrected chi connectivity index (χ4v) is 3.86. The van der Waals surface area contributed by atoms with Crippen LogP contribution in [0.2, 0.25) is 0 Å². The Kier molecular flexibility index (Phi) is 2.16. The second-order valence-corrected chi connectivity index (χ2v) is 5.55. The smallest absolute Gasteiger partial charge is 0.148 e. The maximum absolute atomic E-state index is 2.46. The van der Waals surface area contributed by atoms with Crippen molar-refractivity contribution in [3.8, 4) is 0 Å². The highest BCUT2D eigenvalue weighted by atomic mass is 32.1. The Balaban J connectivity index is 2.04. The third-order valence-corrected chi connectivity index (χ3v) is 4.69. The maximum Gasteiger partial charge on any atom is 0.148 e. The van der Waals surface area contributed by atoms with E-state index in [2.05, 4.69) is 34.3 Å². The highest BCUT2D eigenvalue weighted by Crippen LogP contribution is 2.30. The third-order valence-electron chi connectivity index (χ3n) is 2.74. The van der Waals surface area contributed by atoms with E-state index < -0.39 is 0 Å². The molecule has 3 heterocycles. The Morgan fingerprint density at radius 3 is 3.07 bits per heavy atom. The van der Waals surface area contributed by atoms with Crippen LogP contribution in [-0.2, 0) is 6.42 Å². The molecule has 0 radical (unpaired) electrons. The van der Waals surface area contributed by atoms with E-state index in [0.717, 1.165) is 0 Å². The van der Waals surface area contributed by atoms with Crippen LogP contribution in [0.15, 0.2) is 29.0 Å². The van der Waals surface area contributed by atoms with Crippen LogP contribution in [0.25, 0.3) is 0 Å². The fraction of sp³-hybridized carbons (Fsp3) is 0.273. The molecule has 2 aromatic heterocycles. The van der Waals surface area contributed by atoms with Crippen LogP contribution in [-0.4, -0.2) is 6.54 Å². The lowest BCUT2D eigenvalue weighted by molar-refractivity contribution is -0.689. The van der Waals surface area contributed by atoms with Crippen molar-refractivity contribution >= 4 is 22.7 Å². The zero-order chi connectivity index (χ0) is 9.38. The largest absolute Gasteiger partial charge is 0.335 e. The summed E-state index contributed by atoms with van der Waals surface area (Å²) >= 11 is 3.78. The molecule has 0 fully saturated rings. The first kappa shape index (κ1) is 8.65. The molecule has 0 aromatic carbocycles. The normalized spacial score (nSPS) is 20.7. The van der Waals surface area contributed by atoms with Gasteiger partial charge in [-0.05, 0) is 22.9 Å².